The first-order valence-electron chi connectivity index (χ1n) is 9.95. The molecule has 0 bridgehead atoms. The second kappa shape index (κ2) is 8.62. The maximum atomic E-state index is 13.3. The minimum Gasteiger partial charge on any atom is -0.370 e. The van der Waals surface area contributed by atoms with Gasteiger partial charge in [-0.05, 0) is 47.9 Å². The van der Waals surface area contributed by atoms with Gasteiger partial charge in [-0.3, -0.25) is 4.79 Å². The Hall–Kier alpha value is -3.58. The molecule has 0 spiro atoms. The average Bonchev–Trinajstić information content (AvgIpc) is 3.06. The Kier molecular flexibility index (Phi) is 5.58. The lowest BCUT2D eigenvalue weighted by Gasteiger charge is -2.24. The second-order valence-electron chi connectivity index (χ2n) is 7.20. The highest BCUT2D eigenvalue weighted by molar-refractivity contribution is 6.01. The van der Waals surface area contributed by atoms with Gasteiger partial charge in [0.15, 0.2) is 0 Å². The van der Waals surface area contributed by atoms with Crippen LogP contribution in [-0.4, -0.2) is 37.0 Å². The van der Waals surface area contributed by atoms with Crippen LogP contribution in [0.4, 0.5) is 5.69 Å². The quantitative estimate of drug-likeness (QED) is 0.667. The minimum atomic E-state index is 0.0890. The van der Waals surface area contributed by atoms with E-state index in [0.29, 0.717) is 12.1 Å². The van der Waals surface area contributed by atoms with Gasteiger partial charge in [-0.25, -0.2) is 0 Å². The van der Waals surface area contributed by atoms with Gasteiger partial charge in [0.2, 0.25) is 0 Å². The van der Waals surface area contributed by atoms with Crippen molar-refractivity contribution < 1.29 is 4.79 Å². The van der Waals surface area contributed by atoms with Crippen molar-refractivity contribution in [2.24, 2.45) is 0 Å². The van der Waals surface area contributed by atoms with Crippen LogP contribution in [0.3, 0.4) is 0 Å². The van der Waals surface area contributed by atoms with E-state index in [1.807, 2.05) is 83.8 Å². The molecule has 0 radical (unpaired) electrons. The molecular weight excluding hydrogens is 358 g/mol. The van der Waals surface area contributed by atoms with Gasteiger partial charge in [-0.15, -0.1) is 0 Å². The number of carbonyl (C=O) groups excluding carboxylic acids is 1. The molecule has 4 nitrogen and oxygen atoms in total. The summed E-state index contributed by atoms with van der Waals surface area (Å²) in [7, 11) is 0. The summed E-state index contributed by atoms with van der Waals surface area (Å²) in [6.07, 6.45) is 0.916. The summed E-state index contributed by atoms with van der Waals surface area (Å²) < 4.78 is 0. The molecule has 1 aliphatic rings. The van der Waals surface area contributed by atoms with Crippen molar-refractivity contribution in [1.82, 2.24) is 4.90 Å². The molecular formula is C25H23N3O. The van der Waals surface area contributed by atoms with Crippen LogP contribution in [0.25, 0.3) is 11.1 Å². The van der Waals surface area contributed by atoms with Crippen molar-refractivity contribution in [2.75, 3.05) is 31.1 Å². The molecule has 0 aliphatic carbocycles. The number of benzene rings is 3. The Morgan fingerprint density at radius 3 is 2.28 bits per heavy atom. The summed E-state index contributed by atoms with van der Waals surface area (Å²) in [4.78, 5) is 17.6. The molecule has 29 heavy (non-hydrogen) atoms. The lowest BCUT2D eigenvalue weighted by molar-refractivity contribution is 0.0768. The Morgan fingerprint density at radius 2 is 1.52 bits per heavy atom. The highest BCUT2D eigenvalue weighted by atomic mass is 16.2. The number of anilines is 1. The first-order chi connectivity index (χ1) is 14.3. The summed E-state index contributed by atoms with van der Waals surface area (Å²) in [5, 5.41) is 8.98. The third-order valence-electron chi connectivity index (χ3n) is 5.39. The molecule has 1 saturated heterocycles. The number of amides is 1. The van der Waals surface area contributed by atoms with E-state index in [1.54, 1.807) is 0 Å². The molecule has 4 rings (SSSR count). The smallest absolute Gasteiger partial charge is 0.254 e. The van der Waals surface area contributed by atoms with Crippen LogP contribution in [0.2, 0.25) is 0 Å². The fraction of sp³-hybridized carbons (Fsp3) is 0.200. The average molecular weight is 381 g/mol. The molecule has 3 aromatic carbocycles. The third-order valence-corrected chi connectivity index (χ3v) is 5.39. The predicted octanol–water partition coefficient (Wildman–Crippen LogP) is 4.58. The zero-order valence-corrected chi connectivity index (χ0v) is 16.3. The summed E-state index contributed by atoms with van der Waals surface area (Å²) in [5.74, 6) is 0.0890. The van der Waals surface area contributed by atoms with E-state index >= 15 is 0 Å². The van der Waals surface area contributed by atoms with Crippen LogP contribution in [0, 0.1) is 11.3 Å². The lowest BCUT2D eigenvalue weighted by Crippen LogP contribution is -2.35. The van der Waals surface area contributed by atoms with Crippen molar-refractivity contribution in [3.8, 4) is 17.2 Å². The minimum absolute atomic E-state index is 0.0890. The van der Waals surface area contributed by atoms with E-state index < -0.39 is 0 Å². The molecule has 1 heterocycles. The Labute approximate surface area is 171 Å². The SMILES string of the molecule is N#Cc1ccc(N2CCCN(C(=O)c3ccccc3-c3ccccc3)CC2)cc1. The molecule has 0 N–H and O–H groups in total. The maximum Gasteiger partial charge on any atom is 0.254 e. The van der Waals surface area contributed by atoms with Gasteiger partial charge in [0.25, 0.3) is 5.91 Å². The van der Waals surface area contributed by atoms with E-state index in [2.05, 4.69) is 11.0 Å². The van der Waals surface area contributed by atoms with Gasteiger partial charge in [-0.1, -0.05) is 48.5 Å². The van der Waals surface area contributed by atoms with Crippen molar-refractivity contribution >= 4 is 11.6 Å². The Morgan fingerprint density at radius 1 is 0.793 bits per heavy atom. The zero-order valence-electron chi connectivity index (χ0n) is 16.3. The van der Waals surface area contributed by atoms with Crippen LogP contribution in [0.15, 0.2) is 78.9 Å². The van der Waals surface area contributed by atoms with E-state index in [0.717, 1.165) is 48.4 Å². The largest absolute Gasteiger partial charge is 0.370 e. The van der Waals surface area contributed by atoms with Gasteiger partial charge in [0, 0.05) is 37.4 Å². The predicted molar refractivity (Wildman–Crippen MR) is 116 cm³/mol. The van der Waals surface area contributed by atoms with Crippen molar-refractivity contribution in [1.29, 1.82) is 5.26 Å². The molecule has 144 valence electrons. The maximum absolute atomic E-state index is 13.3. The van der Waals surface area contributed by atoms with Gasteiger partial charge in [-0.2, -0.15) is 5.26 Å². The fourth-order valence-corrected chi connectivity index (χ4v) is 3.83. The van der Waals surface area contributed by atoms with Crippen LogP contribution in [-0.2, 0) is 0 Å². The molecule has 4 heteroatoms. The van der Waals surface area contributed by atoms with Gasteiger partial charge in [0.05, 0.1) is 11.6 Å². The fourth-order valence-electron chi connectivity index (χ4n) is 3.83. The number of nitrogens with zero attached hydrogens (tertiary/aromatic N) is 3. The highest BCUT2D eigenvalue weighted by Gasteiger charge is 2.22. The number of hydrogen-bond acceptors (Lipinski definition) is 3. The molecule has 0 atom stereocenters. The summed E-state index contributed by atoms with van der Waals surface area (Å²) in [5.41, 5.74) is 4.56. The number of nitriles is 1. The highest BCUT2D eigenvalue weighted by Crippen LogP contribution is 2.25. The zero-order chi connectivity index (χ0) is 20.1. The van der Waals surface area contributed by atoms with E-state index in [9.17, 15) is 4.79 Å². The normalized spacial score (nSPS) is 14.2. The van der Waals surface area contributed by atoms with Crippen LogP contribution < -0.4 is 4.90 Å². The molecule has 1 fully saturated rings. The molecule has 1 aliphatic heterocycles. The van der Waals surface area contributed by atoms with Crippen molar-refractivity contribution in [3.05, 3.63) is 90.0 Å². The number of carbonyl (C=O) groups is 1. The standard InChI is InChI=1S/C25H23N3O/c26-19-20-11-13-22(14-12-20)27-15-6-16-28(18-17-27)25(29)24-10-5-4-9-23(24)21-7-2-1-3-8-21/h1-5,7-14H,6,15-18H2. The molecule has 0 aromatic heterocycles. The van der Waals surface area contributed by atoms with Crippen LogP contribution in [0.5, 0.6) is 0 Å². The van der Waals surface area contributed by atoms with Crippen molar-refractivity contribution in [2.45, 2.75) is 6.42 Å². The number of rotatable bonds is 3. The van der Waals surface area contributed by atoms with Crippen LogP contribution >= 0.6 is 0 Å². The topological polar surface area (TPSA) is 47.3 Å². The lowest BCUT2D eigenvalue weighted by atomic mass is 9.99. The van der Waals surface area contributed by atoms with Gasteiger partial charge < -0.3 is 9.80 Å². The van der Waals surface area contributed by atoms with Gasteiger partial charge >= 0.3 is 0 Å². The summed E-state index contributed by atoms with van der Waals surface area (Å²) in [6, 6.07) is 27.7. The first-order valence-corrected chi connectivity index (χ1v) is 9.95. The summed E-state index contributed by atoms with van der Waals surface area (Å²) >= 11 is 0. The Bertz CT molecular complexity index is 1020. The van der Waals surface area contributed by atoms with E-state index in [4.69, 9.17) is 5.26 Å². The monoisotopic (exact) mass is 381 g/mol. The third kappa shape index (κ3) is 4.14. The molecule has 0 saturated carbocycles. The number of hydrogen-bond donors (Lipinski definition) is 0. The molecule has 1 amide bonds. The molecule has 3 aromatic rings. The van der Waals surface area contributed by atoms with E-state index in [1.165, 1.54) is 0 Å². The van der Waals surface area contributed by atoms with Gasteiger partial charge in [0.1, 0.15) is 0 Å². The summed E-state index contributed by atoms with van der Waals surface area (Å²) in [6.45, 7) is 3.11. The second-order valence-corrected chi connectivity index (χ2v) is 7.20. The molecule has 0 unspecified atom stereocenters. The first kappa shape index (κ1) is 18.8. The van der Waals surface area contributed by atoms with Crippen LogP contribution in [0.1, 0.15) is 22.3 Å². The van der Waals surface area contributed by atoms with E-state index in [-0.39, 0.29) is 5.91 Å². The Balaban J connectivity index is 1.51. The van der Waals surface area contributed by atoms with Crippen molar-refractivity contribution in [3.63, 3.8) is 0 Å².